The van der Waals surface area contributed by atoms with Crippen molar-refractivity contribution in [2.45, 2.75) is 30.7 Å². The lowest BCUT2D eigenvalue weighted by Gasteiger charge is -2.29. The average molecular weight is 372 g/mol. The molecular formula is C12H14FN6O5P. The van der Waals surface area contributed by atoms with Crippen molar-refractivity contribution in [3.8, 4) is 6.07 Å². The van der Waals surface area contributed by atoms with Crippen molar-refractivity contribution in [2.24, 2.45) is 0 Å². The number of hydrogen-bond acceptors (Lipinski definition) is 8. The highest BCUT2D eigenvalue weighted by Crippen LogP contribution is 2.50. The predicted molar refractivity (Wildman–Crippen MR) is 79.5 cm³/mol. The van der Waals surface area contributed by atoms with Gasteiger partial charge in [-0.3, -0.25) is 4.52 Å². The van der Waals surface area contributed by atoms with Crippen LogP contribution in [0.15, 0.2) is 12.5 Å². The number of phosphoric acid groups is 1. The minimum Gasteiger partial charge on any atom is -0.381 e. The highest BCUT2D eigenvalue weighted by molar-refractivity contribution is 7.46. The molecule has 2 aromatic rings. The molecule has 3 heterocycles. The van der Waals surface area contributed by atoms with Crippen LogP contribution in [0.3, 0.4) is 0 Å². The summed E-state index contributed by atoms with van der Waals surface area (Å²) in [5, 5.41) is 13.6. The number of halogens is 1. The minimum absolute atomic E-state index is 0.0113. The summed E-state index contributed by atoms with van der Waals surface area (Å²) in [4.78, 5) is 25.3. The van der Waals surface area contributed by atoms with Gasteiger partial charge in [-0.05, 0) is 6.92 Å². The van der Waals surface area contributed by atoms with Crippen LogP contribution in [0, 0.1) is 11.3 Å². The molecule has 4 N–H and O–H groups in total. The second-order valence-electron chi connectivity index (χ2n) is 5.74. The van der Waals surface area contributed by atoms with Gasteiger partial charge in [0.15, 0.2) is 17.1 Å². The van der Waals surface area contributed by atoms with Gasteiger partial charge in [0.25, 0.3) is 0 Å². The quantitative estimate of drug-likeness (QED) is 0.623. The van der Waals surface area contributed by atoms with E-state index in [4.69, 9.17) is 20.3 Å². The molecule has 13 heteroatoms. The lowest BCUT2D eigenvalue weighted by Crippen LogP contribution is -2.42. The Bertz CT molecular complexity index is 907. The van der Waals surface area contributed by atoms with Gasteiger partial charge < -0.3 is 20.3 Å². The maximum Gasteiger partial charge on any atom is 0.469 e. The fourth-order valence-corrected chi connectivity index (χ4v) is 3.22. The van der Waals surface area contributed by atoms with E-state index in [1.807, 2.05) is 0 Å². The Morgan fingerprint density at radius 1 is 1.64 bits per heavy atom. The molecule has 0 radical (unpaired) electrons. The van der Waals surface area contributed by atoms with Crippen molar-refractivity contribution >= 4 is 19.3 Å². The van der Waals surface area contributed by atoms with Gasteiger partial charge in [-0.15, -0.1) is 0 Å². The van der Waals surface area contributed by atoms with Crippen LogP contribution in [0.4, 0.5) is 10.2 Å². The number of nitrogen functional groups attached to an aromatic ring is 1. The van der Waals surface area contributed by atoms with E-state index < -0.39 is 31.8 Å². The van der Waals surface area contributed by atoms with Gasteiger partial charge >= 0.3 is 7.82 Å². The third-order valence-electron chi connectivity index (χ3n) is 3.97. The van der Waals surface area contributed by atoms with Crippen molar-refractivity contribution in [3.05, 3.63) is 18.2 Å². The molecule has 1 aliphatic rings. The van der Waals surface area contributed by atoms with Crippen molar-refractivity contribution in [3.63, 3.8) is 0 Å². The van der Waals surface area contributed by atoms with Crippen molar-refractivity contribution in [1.29, 1.82) is 5.26 Å². The molecule has 134 valence electrons. The lowest BCUT2D eigenvalue weighted by atomic mass is 9.84. The molecule has 0 aromatic carbocycles. The van der Waals surface area contributed by atoms with Crippen LogP contribution in [-0.4, -0.2) is 47.7 Å². The largest absolute Gasteiger partial charge is 0.469 e. The second kappa shape index (κ2) is 5.69. The van der Waals surface area contributed by atoms with Gasteiger partial charge in [0.2, 0.25) is 5.60 Å². The first kappa shape index (κ1) is 17.7. The summed E-state index contributed by atoms with van der Waals surface area (Å²) < 4.78 is 37.2. The number of imidazole rings is 1. The molecule has 1 fully saturated rings. The van der Waals surface area contributed by atoms with Crippen LogP contribution in [-0.2, 0) is 19.4 Å². The number of hydrogen-bond donors (Lipinski definition) is 3. The number of anilines is 1. The molecule has 0 bridgehead atoms. The lowest BCUT2D eigenvalue weighted by molar-refractivity contribution is -0.0713. The number of alkyl halides is 1. The highest BCUT2D eigenvalue weighted by Gasteiger charge is 2.62. The van der Waals surface area contributed by atoms with Gasteiger partial charge in [-0.2, -0.15) is 10.4 Å². The van der Waals surface area contributed by atoms with E-state index in [0.29, 0.717) is 0 Å². The fourth-order valence-electron chi connectivity index (χ4n) is 2.86. The summed E-state index contributed by atoms with van der Waals surface area (Å²) >= 11 is 0. The van der Waals surface area contributed by atoms with Crippen LogP contribution >= 0.6 is 7.82 Å². The molecule has 1 aliphatic heterocycles. The van der Waals surface area contributed by atoms with Gasteiger partial charge in [0, 0.05) is 6.42 Å². The van der Waals surface area contributed by atoms with E-state index in [9.17, 15) is 9.83 Å². The third kappa shape index (κ3) is 2.86. The van der Waals surface area contributed by atoms with Crippen LogP contribution < -0.4 is 5.73 Å². The molecule has 3 rings (SSSR count). The molecule has 11 nitrogen and oxygen atoms in total. The van der Waals surface area contributed by atoms with Gasteiger partial charge in [-0.1, -0.05) is 0 Å². The van der Waals surface area contributed by atoms with E-state index in [2.05, 4.69) is 19.6 Å². The van der Waals surface area contributed by atoms with Crippen molar-refractivity contribution < 1.29 is 28.0 Å². The fraction of sp³-hybridized carbons (Fsp3) is 0.500. The van der Waals surface area contributed by atoms with Gasteiger partial charge in [0.05, 0.1) is 18.9 Å². The smallest absolute Gasteiger partial charge is 0.381 e. The Morgan fingerprint density at radius 3 is 3.00 bits per heavy atom. The Labute approximate surface area is 140 Å². The van der Waals surface area contributed by atoms with E-state index in [1.54, 1.807) is 6.07 Å². The van der Waals surface area contributed by atoms with Crippen LogP contribution in [0.5, 0.6) is 0 Å². The Kier molecular flexibility index (Phi) is 4.02. The average Bonchev–Trinajstić information content (AvgIpc) is 3.04. The number of nitrogens with two attached hydrogens (primary N) is 1. The normalized spacial score (nSPS) is 29.8. The zero-order valence-electron chi connectivity index (χ0n) is 12.9. The van der Waals surface area contributed by atoms with Gasteiger partial charge in [0.1, 0.15) is 18.1 Å². The van der Waals surface area contributed by atoms with Crippen LogP contribution in [0.1, 0.15) is 19.0 Å². The standard InChI is InChI=1S/C12H14FN6O5P/c1-11(13)2-7(4-23-25(20,21)22)24-12(11,5-14)8-3-16-10-9(15)17-6-18-19(8)10/h3,6-7H,2,4H2,1H3,(H2,15,17,18)(H2,20,21,22)/t7-,11+,12-/m0/s1. The van der Waals surface area contributed by atoms with E-state index in [-0.39, 0.29) is 23.6 Å². The molecule has 25 heavy (non-hydrogen) atoms. The number of nitrogens with zero attached hydrogens (tertiary/aromatic N) is 5. The molecule has 0 saturated carbocycles. The second-order valence-corrected chi connectivity index (χ2v) is 6.98. The zero-order chi connectivity index (χ0) is 18.5. The summed E-state index contributed by atoms with van der Waals surface area (Å²) in [7, 11) is -4.76. The molecule has 0 spiro atoms. The van der Waals surface area contributed by atoms with Crippen LogP contribution in [0.2, 0.25) is 0 Å². The maximum absolute atomic E-state index is 15.3. The van der Waals surface area contributed by atoms with Crippen molar-refractivity contribution in [1.82, 2.24) is 19.6 Å². The first-order chi connectivity index (χ1) is 11.6. The number of fused-ring (bicyclic) bond motifs is 1. The predicted octanol–water partition coefficient (Wildman–Crippen LogP) is 0.0518. The monoisotopic (exact) mass is 372 g/mol. The highest BCUT2D eigenvalue weighted by atomic mass is 31.2. The Balaban J connectivity index is 2.03. The molecular weight excluding hydrogens is 358 g/mol. The number of ether oxygens (including phenoxy) is 1. The first-order valence-electron chi connectivity index (χ1n) is 7.02. The summed E-state index contributed by atoms with van der Waals surface area (Å²) in [6, 6.07) is 1.80. The third-order valence-corrected chi connectivity index (χ3v) is 4.45. The van der Waals surface area contributed by atoms with E-state index in [1.165, 1.54) is 6.20 Å². The number of phosphoric ester groups is 1. The maximum atomic E-state index is 15.3. The Hall–Kier alpha value is -2.16. The molecule has 1 saturated heterocycles. The van der Waals surface area contributed by atoms with Crippen LogP contribution in [0.25, 0.3) is 5.65 Å². The molecule has 0 amide bonds. The summed E-state index contributed by atoms with van der Waals surface area (Å²) in [6.07, 6.45) is 0.937. The minimum atomic E-state index is -4.76. The Morgan fingerprint density at radius 2 is 2.36 bits per heavy atom. The summed E-state index contributed by atoms with van der Waals surface area (Å²) in [5.74, 6) is 0.0364. The zero-order valence-corrected chi connectivity index (χ0v) is 13.8. The molecule has 0 unspecified atom stereocenters. The SMILES string of the molecule is C[C@@]1(F)C[C@@H](COP(=O)(O)O)O[C@@]1(C#N)c1cnc2c(N)ncnn12. The van der Waals surface area contributed by atoms with E-state index >= 15 is 4.39 Å². The number of nitriles is 1. The first-order valence-corrected chi connectivity index (χ1v) is 8.55. The number of rotatable bonds is 4. The summed E-state index contributed by atoms with van der Waals surface area (Å²) in [5.41, 5.74) is 1.48. The van der Waals surface area contributed by atoms with E-state index in [0.717, 1.165) is 17.8 Å². The van der Waals surface area contributed by atoms with Crippen molar-refractivity contribution in [2.75, 3.05) is 12.3 Å². The molecule has 0 aliphatic carbocycles. The topological polar surface area (TPSA) is 169 Å². The molecule has 2 aromatic heterocycles. The molecule has 3 atom stereocenters. The number of aromatic nitrogens is 4. The van der Waals surface area contributed by atoms with Gasteiger partial charge in [-0.25, -0.2) is 23.4 Å². The summed E-state index contributed by atoms with van der Waals surface area (Å²) in [6.45, 7) is 0.568.